The first kappa shape index (κ1) is 16.1. The number of fused-ring (bicyclic) bond motifs is 1. The summed E-state index contributed by atoms with van der Waals surface area (Å²) in [6.45, 7) is 1.93. The second-order valence-corrected chi connectivity index (χ2v) is 6.67. The highest BCUT2D eigenvalue weighted by atomic mass is 16.5. The van der Waals surface area contributed by atoms with E-state index in [2.05, 4.69) is 15.4 Å². The van der Waals surface area contributed by atoms with Gasteiger partial charge in [-0.1, -0.05) is 18.2 Å². The number of nitrogens with one attached hydrogen (secondary N) is 1. The van der Waals surface area contributed by atoms with Crippen LogP contribution in [0.4, 0.5) is 0 Å². The Morgan fingerprint density at radius 3 is 2.96 bits per heavy atom. The maximum absolute atomic E-state index is 12.4. The number of ether oxygens (including phenoxy) is 2. The van der Waals surface area contributed by atoms with Crippen LogP contribution in [0.25, 0.3) is 0 Å². The van der Waals surface area contributed by atoms with Gasteiger partial charge in [-0.05, 0) is 6.07 Å². The lowest BCUT2D eigenvalue weighted by atomic mass is 9.82. The first-order valence-electron chi connectivity index (χ1n) is 8.72. The van der Waals surface area contributed by atoms with Gasteiger partial charge < -0.3 is 14.8 Å². The van der Waals surface area contributed by atoms with Gasteiger partial charge in [0.25, 0.3) is 0 Å². The minimum Gasteiger partial charge on any atom is -0.487 e. The quantitative estimate of drug-likeness (QED) is 0.917. The summed E-state index contributed by atoms with van der Waals surface area (Å²) >= 11 is 0. The summed E-state index contributed by atoms with van der Waals surface area (Å²) < 4.78 is 13.5. The minimum atomic E-state index is -0.240. The van der Waals surface area contributed by atoms with Crippen molar-refractivity contribution in [1.82, 2.24) is 20.1 Å². The number of para-hydroxylation sites is 1. The van der Waals surface area contributed by atoms with Crippen molar-refractivity contribution in [1.29, 1.82) is 0 Å². The minimum absolute atomic E-state index is 0.0133. The molecule has 0 bridgehead atoms. The van der Waals surface area contributed by atoms with Gasteiger partial charge in [-0.15, -0.1) is 0 Å². The molecule has 1 atom stereocenters. The molecule has 1 aromatic heterocycles. The first-order chi connectivity index (χ1) is 12.2. The van der Waals surface area contributed by atoms with Crippen molar-refractivity contribution in [3.63, 3.8) is 0 Å². The highest BCUT2D eigenvalue weighted by Crippen LogP contribution is 2.43. The molecular weight excluding hydrogens is 320 g/mol. The third kappa shape index (κ3) is 3.51. The molecule has 1 aromatic carbocycles. The Hall–Kier alpha value is -2.41. The standard InChI is InChI=1S/C18H22N4O3/c23-17(5-8-22-13-19-12-20-22)21-15-11-18(6-9-24-10-7-18)25-16-4-2-1-3-14(15)16/h1-4,12-13,15H,5-11H2,(H,21,23). The maximum Gasteiger partial charge on any atom is 0.222 e. The monoisotopic (exact) mass is 342 g/mol. The molecule has 4 rings (SSSR count). The topological polar surface area (TPSA) is 78.3 Å². The predicted molar refractivity (Wildman–Crippen MR) is 90.0 cm³/mol. The van der Waals surface area contributed by atoms with Gasteiger partial charge in [0.2, 0.25) is 5.91 Å². The van der Waals surface area contributed by atoms with Gasteiger partial charge in [0, 0.05) is 31.2 Å². The Balaban J connectivity index is 1.48. The van der Waals surface area contributed by atoms with Crippen molar-refractivity contribution in [3.05, 3.63) is 42.5 Å². The molecule has 132 valence electrons. The van der Waals surface area contributed by atoms with E-state index in [4.69, 9.17) is 9.47 Å². The summed E-state index contributed by atoms with van der Waals surface area (Å²) in [6, 6.07) is 7.94. The lowest BCUT2D eigenvalue weighted by Gasteiger charge is -2.44. The third-order valence-corrected chi connectivity index (χ3v) is 4.97. The average Bonchev–Trinajstić information content (AvgIpc) is 3.14. The zero-order valence-corrected chi connectivity index (χ0v) is 14.1. The predicted octanol–water partition coefficient (Wildman–Crippen LogP) is 1.86. The van der Waals surface area contributed by atoms with E-state index < -0.39 is 0 Å². The van der Waals surface area contributed by atoms with Crippen LogP contribution in [0.15, 0.2) is 36.9 Å². The molecule has 2 aliphatic heterocycles. The van der Waals surface area contributed by atoms with Gasteiger partial charge in [0.15, 0.2) is 0 Å². The number of carbonyl (C=O) groups excluding carboxylic acids is 1. The Labute approximate surface area is 146 Å². The number of aryl methyl sites for hydroxylation is 1. The maximum atomic E-state index is 12.4. The van der Waals surface area contributed by atoms with E-state index in [0.717, 1.165) is 30.6 Å². The van der Waals surface area contributed by atoms with Crippen molar-refractivity contribution < 1.29 is 14.3 Å². The summed E-state index contributed by atoms with van der Waals surface area (Å²) in [5.41, 5.74) is 0.810. The molecule has 0 saturated carbocycles. The molecule has 7 heteroatoms. The van der Waals surface area contributed by atoms with Gasteiger partial charge >= 0.3 is 0 Å². The van der Waals surface area contributed by atoms with Crippen molar-refractivity contribution in [2.75, 3.05) is 13.2 Å². The number of nitrogens with zero attached hydrogens (tertiary/aromatic N) is 3. The van der Waals surface area contributed by atoms with Crippen molar-refractivity contribution in [2.45, 2.75) is 43.9 Å². The van der Waals surface area contributed by atoms with Gasteiger partial charge in [0.1, 0.15) is 24.0 Å². The molecule has 1 spiro atoms. The van der Waals surface area contributed by atoms with E-state index in [-0.39, 0.29) is 17.6 Å². The van der Waals surface area contributed by atoms with Crippen LogP contribution in [-0.2, 0) is 16.1 Å². The molecule has 7 nitrogen and oxygen atoms in total. The number of benzene rings is 1. The van der Waals surface area contributed by atoms with Gasteiger partial charge in [-0.25, -0.2) is 4.98 Å². The Kier molecular flexibility index (Phi) is 4.40. The second-order valence-electron chi connectivity index (χ2n) is 6.67. The molecule has 1 saturated heterocycles. The number of hydrogen-bond donors (Lipinski definition) is 1. The fraction of sp³-hybridized carbons (Fsp3) is 0.500. The molecule has 1 unspecified atom stereocenters. The zero-order chi connectivity index (χ0) is 17.1. The summed E-state index contributed by atoms with van der Waals surface area (Å²) in [6.07, 6.45) is 5.95. The molecule has 25 heavy (non-hydrogen) atoms. The molecular formula is C18H22N4O3. The highest BCUT2D eigenvalue weighted by Gasteiger charge is 2.42. The van der Waals surface area contributed by atoms with E-state index in [1.807, 2.05) is 24.3 Å². The molecule has 3 heterocycles. The number of aromatic nitrogens is 3. The molecule has 1 N–H and O–H groups in total. The van der Waals surface area contributed by atoms with Crippen LogP contribution in [0.1, 0.15) is 37.3 Å². The number of carbonyl (C=O) groups is 1. The van der Waals surface area contributed by atoms with E-state index in [1.54, 1.807) is 11.0 Å². The smallest absolute Gasteiger partial charge is 0.222 e. The number of rotatable bonds is 4. The van der Waals surface area contributed by atoms with Gasteiger partial charge in [0.05, 0.1) is 25.8 Å². The summed E-state index contributed by atoms with van der Waals surface area (Å²) in [4.78, 5) is 16.3. The van der Waals surface area contributed by atoms with Crippen LogP contribution < -0.4 is 10.1 Å². The first-order valence-corrected chi connectivity index (χ1v) is 8.72. The Morgan fingerprint density at radius 1 is 1.32 bits per heavy atom. The van der Waals surface area contributed by atoms with Crippen molar-refractivity contribution >= 4 is 5.91 Å². The molecule has 2 aliphatic rings. The fourth-order valence-corrected chi connectivity index (χ4v) is 3.63. The van der Waals surface area contributed by atoms with Gasteiger partial charge in [-0.2, -0.15) is 5.10 Å². The highest BCUT2D eigenvalue weighted by molar-refractivity contribution is 5.76. The number of amides is 1. The lowest BCUT2D eigenvalue weighted by Crippen LogP contribution is -2.48. The normalized spacial score (nSPS) is 21.4. The zero-order valence-electron chi connectivity index (χ0n) is 14.1. The Bertz CT molecular complexity index is 726. The van der Waals surface area contributed by atoms with Crippen LogP contribution in [0.5, 0.6) is 5.75 Å². The van der Waals surface area contributed by atoms with Gasteiger partial charge in [-0.3, -0.25) is 9.48 Å². The molecule has 0 radical (unpaired) electrons. The van der Waals surface area contributed by atoms with Crippen molar-refractivity contribution in [2.24, 2.45) is 0 Å². The molecule has 0 aliphatic carbocycles. The third-order valence-electron chi connectivity index (χ3n) is 4.97. The molecule has 1 amide bonds. The summed E-state index contributed by atoms with van der Waals surface area (Å²) in [5, 5.41) is 7.22. The molecule has 2 aromatic rings. The van der Waals surface area contributed by atoms with E-state index >= 15 is 0 Å². The second kappa shape index (κ2) is 6.84. The average molecular weight is 342 g/mol. The van der Waals surface area contributed by atoms with E-state index in [9.17, 15) is 4.79 Å². The van der Waals surface area contributed by atoms with Crippen LogP contribution in [0, 0.1) is 0 Å². The summed E-state index contributed by atoms with van der Waals surface area (Å²) in [7, 11) is 0. The van der Waals surface area contributed by atoms with Crippen LogP contribution >= 0.6 is 0 Å². The molecule has 1 fully saturated rings. The van der Waals surface area contributed by atoms with Crippen LogP contribution in [0.2, 0.25) is 0 Å². The Morgan fingerprint density at radius 2 is 2.16 bits per heavy atom. The lowest BCUT2D eigenvalue weighted by molar-refractivity contribution is -0.123. The largest absolute Gasteiger partial charge is 0.487 e. The van der Waals surface area contributed by atoms with Crippen molar-refractivity contribution in [3.8, 4) is 5.75 Å². The van der Waals surface area contributed by atoms with Crippen LogP contribution in [0.3, 0.4) is 0 Å². The fourth-order valence-electron chi connectivity index (χ4n) is 3.63. The summed E-state index contributed by atoms with van der Waals surface area (Å²) in [5.74, 6) is 0.886. The van der Waals surface area contributed by atoms with E-state index in [1.165, 1.54) is 6.33 Å². The number of hydrogen-bond acceptors (Lipinski definition) is 5. The van der Waals surface area contributed by atoms with Crippen LogP contribution in [-0.4, -0.2) is 39.5 Å². The SMILES string of the molecule is O=C(CCn1cncn1)NC1CC2(CCOCC2)Oc2ccccc21. The van der Waals surface area contributed by atoms with E-state index in [0.29, 0.717) is 26.2 Å².